The van der Waals surface area contributed by atoms with Crippen molar-refractivity contribution in [2.75, 3.05) is 31.1 Å². The molecule has 0 radical (unpaired) electrons. The van der Waals surface area contributed by atoms with Gasteiger partial charge in [-0.2, -0.15) is 0 Å². The number of hydrogen-bond donors (Lipinski definition) is 1. The van der Waals surface area contributed by atoms with E-state index in [9.17, 15) is 4.79 Å². The third-order valence-corrected chi connectivity index (χ3v) is 4.94. The summed E-state index contributed by atoms with van der Waals surface area (Å²) in [6, 6.07) is 11.7. The number of rotatable bonds is 4. The van der Waals surface area contributed by atoms with E-state index in [-0.39, 0.29) is 5.91 Å². The fraction of sp³-hybridized carbons (Fsp3) is 0.300. The van der Waals surface area contributed by atoms with Crippen molar-refractivity contribution in [1.29, 1.82) is 0 Å². The summed E-state index contributed by atoms with van der Waals surface area (Å²) >= 11 is 0. The number of carbonyl (C=O) groups is 1. The van der Waals surface area contributed by atoms with Crippen LogP contribution in [0.1, 0.15) is 21.6 Å². The van der Waals surface area contributed by atoms with Gasteiger partial charge in [0, 0.05) is 56.4 Å². The Hall–Kier alpha value is -2.86. The molecule has 1 amide bonds. The average molecular weight is 349 g/mol. The van der Waals surface area contributed by atoms with Gasteiger partial charge in [0.1, 0.15) is 5.65 Å². The summed E-state index contributed by atoms with van der Waals surface area (Å²) < 4.78 is 2.08. The van der Waals surface area contributed by atoms with Gasteiger partial charge in [-0.05, 0) is 48.9 Å². The topological polar surface area (TPSA) is 66.9 Å². The molecule has 4 rings (SSSR count). The highest BCUT2D eigenvalue weighted by molar-refractivity contribution is 5.93. The molecular weight excluding hydrogens is 326 g/mol. The lowest BCUT2D eigenvalue weighted by Crippen LogP contribution is -2.46. The summed E-state index contributed by atoms with van der Waals surface area (Å²) in [5.74, 6) is -0.385. The molecule has 134 valence electrons. The number of primary amides is 1. The minimum absolute atomic E-state index is 0.385. The van der Waals surface area contributed by atoms with E-state index in [1.165, 1.54) is 5.56 Å². The van der Waals surface area contributed by atoms with Gasteiger partial charge < -0.3 is 15.0 Å². The van der Waals surface area contributed by atoms with Gasteiger partial charge in [-0.1, -0.05) is 0 Å². The molecule has 0 bridgehead atoms. The molecule has 26 heavy (non-hydrogen) atoms. The van der Waals surface area contributed by atoms with E-state index in [4.69, 9.17) is 10.7 Å². The third kappa shape index (κ3) is 3.41. The number of fused-ring (bicyclic) bond motifs is 1. The highest BCUT2D eigenvalue weighted by Crippen LogP contribution is 2.18. The van der Waals surface area contributed by atoms with Gasteiger partial charge in [-0.25, -0.2) is 4.98 Å². The minimum Gasteiger partial charge on any atom is -0.369 e. The second-order valence-corrected chi connectivity index (χ2v) is 6.88. The van der Waals surface area contributed by atoms with Crippen LogP contribution in [0.15, 0.2) is 48.8 Å². The zero-order valence-corrected chi connectivity index (χ0v) is 14.9. The van der Waals surface area contributed by atoms with Gasteiger partial charge in [0.15, 0.2) is 0 Å². The Morgan fingerprint density at radius 2 is 1.85 bits per heavy atom. The van der Waals surface area contributed by atoms with Crippen molar-refractivity contribution in [2.24, 2.45) is 5.73 Å². The van der Waals surface area contributed by atoms with Crippen LogP contribution in [0.25, 0.3) is 5.65 Å². The van der Waals surface area contributed by atoms with E-state index in [0.717, 1.165) is 49.8 Å². The lowest BCUT2D eigenvalue weighted by atomic mass is 10.1. The largest absolute Gasteiger partial charge is 0.369 e. The van der Waals surface area contributed by atoms with Crippen molar-refractivity contribution in [1.82, 2.24) is 14.3 Å². The zero-order valence-electron chi connectivity index (χ0n) is 14.9. The molecule has 0 unspecified atom stereocenters. The molecule has 3 aromatic rings. The number of piperazine rings is 1. The summed E-state index contributed by atoms with van der Waals surface area (Å²) in [5, 5.41) is 0. The number of hydrogen-bond acceptors (Lipinski definition) is 4. The average Bonchev–Trinajstić information content (AvgIpc) is 3.03. The number of carbonyl (C=O) groups excluding carboxylic acids is 1. The molecule has 1 aliphatic rings. The number of nitrogens with two attached hydrogens (primary N) is 1. The Balaban J connectivity index is 1.37. The molecular formula is C20H23N5O. The quantitative estimate of drug-likeness (QED) is 0.783. The predicted molar refractivity (Wildman–Crippen MR) is 102 cm³/mol. The lowest BCUT2D eigenvalue weighted by molar-refractivity contribution is 0.100. The molecule has 0 aliphatic carbocycles. The van der Waals surface area contributed by atoms with Gasteiger partial charge in [-0.15, -0.1) is 0 Å². The maximum atomic E-state index is 11.2. The molecule has 2 aromatic heterocycles. The Labute approximate surface area is 152 Å². The summed E-state index contributed by atoms with van der Waals surface area (Å²) in [4.78, 5) is 20.7. The number of pyridine rings is 1. The first kappa shape index (κ1) is 16.6. The Bertz CT molecular complexity index is 923. The first-order valence-corrected chi connectivity index (χ1v) is 8.90. The second-order valence-electron chi connectivity index (χ2n) is 6.88. The molecule has 2 N–H and O–H groups in total. The zero-order chi connectivity index (χ0) is 18.1. The van der Waals surface area contributed by atoms with Crippen LogP contribution in [0.4, 0.5) is 5.69 Å². The molecule has 1 aromatic carbocycles. The maximum absolute atomic E-state index is 11.2. The number of anilines is 1. The van der Waals surface area contributed by atoms with Crippen molar-refractivity contribution in [3.05, 3.63) is 65.6 Å². The first-order chi connectivity index (χ1) is 12.6. The lowest BCUT2D eigenvalue weighted by Gasteiger charge is -2.35. The molecule has 0 spiro atoms. The number of aryl methyl sites for hydroxylation is 1. The monoisotopic (exact) mass is 349 g/mol. The number of amides is 1. The first-order valence-electron chi connectivity index (χ1n) is 8.90. The third-order valence-electron chi connectivity index (χ3n) is 4.94. The normalized spacial score (nSPS) is 15.5. The van der Waals surface area contributed by atoms with E-state index < -0.39 is 0 Å². The van der Waals surface area contributed by atoms with E-state index >= 15 is 0 Å². The van der Waals surface area contributed by atoms with Crippen molar-refractivity contribution >= 4 is 17.2 Å². The fourth-order valence-corrected chi connectivity index (χ4v) is 3.44. The van der Waals surface area contributed by atoms with Crippen LogP contribution < -0.4 is 10.6 Å². The van der Waals surface area contributed by atoms with Crippen LogP contribution in [-0.2, 0) is 6.54 Å². The molecule has 1 aliphatic heterocycles. The highest BCUT2D eigenvalue weighted by atomic mass is 16.1. The molecule has 6 nitrogen and oxygen atoms in total. The van der Waals surface area contributed by atoms with Crippen LogP contribution >= 0.6 is 0 Å². The Kier molecular flexibility index (Phi) is 4.34. The SMILES string of the molecule is Cc1ccn2cc(CN3CCN(c4ccc(C(N)=O)cc4)CC3)nc2c1. The van der Waals surface area contributed by atoms with Crippen molar-refractivity contribution in [3.63, 3.8) is 0 Å². The summed E-state index contributed by atoms with van der Waals surface area (Å²) in [7, 11) is 0. The van der Waals surface area contributed by atoms with Crippen molar-refractivity contribution in [3.8, 4) is 0 Å². The molecule has 3 heterocycles. The van der Waals surface area contributed by atoms with Crippen LogP contribution in [0.3, 0.4) is 0 Å². The van der Waals surface area contributed by atoms with Crippen LogP contribution in [-0.4, -0.2) is 46.4 Å². The van der Waals surface area contributed by atoms with Crippen LogP contribution in [0, 0.1) is 6.92 Å². The maximum Gasteiger partial charge on any atom is 0.248 e. The van der Waals surface area contributed by atoms with Crippen LogP contribution in [0.2, 0.25) is 0 Å². The van der Waals surface area contributed by atoms with Crippen molar-refractivity contribution < 1.29 is 4.79 Å². The smallest absolute Gasteiger partial charge is 0.248 e. The van der Waals surface area contributed by atoms with Crippen LogP contribution in [0.5, 0.6) is 0 Å². The van der Waals surface area contributed by atoms with E-state index in [1.54, 1.807) is 12.1 Å². The molecule has 1 fully saturated rings. The summed E-state index contributed by atoms with van der Waals surface area (Å²) in [6.45, 7) is 6.86. The van der Waals surface area contributed by atoms with Crippen molar-refractivity contribution in [2.45, 2.75) is 13.5 Å². The molecule has 1 saturated heterocycles. The van der Waals surface area contributed by atoms with E-state index in [1.807, 2.05) is 12.1 Å². The summed E-state index contributed by atoms with van der Waals surface area (Å²) in [5.41, 5.74) is 10.3. The number of aromatic nitrogens is 2. The number of imidazole rings is 1. The highest BCUT2D eigenvalue weighted by Gasteiger charge is 2.18. The molecule has 6 heteroatoms. The van der Waals surface area contributed by atoms with Gasteiger partial charge in [0.25, 0.3) is 0 Å². The summed E-state index contributed by atoms with van der Waals surface area (Å²) in [6.07, 6.45) is 4.18. The minimum atomic E-state index is -0.385. The Morgan fingerprint density at radius 1 is 1.12 bits per heavy atom. The molecule has 0 atom stereocenters. The second kappa shape index (κ2) is 6.80. The van der Waals surface area contributed by atoms with Gasteiger partial charge in [0.2, 0.25) is 5.91 Å². The predicted octanol–water partition coefficient (Wildman–Crippen LogP) is 2.06. The number of benzene rings is 1. The number of nitrogens with zero attached hydrogens (tertiary/aromatic N) is 4. The Morgan fingerprint density at radius 3 is 2.54 bits per heavy atom. The van der Waals surface area contributed by atoms with Gasteiger partial charge >= 0.3 is 0 Å². The molecule has 0 saturated carbocycles. The van der Waals surface area contributed by atoms with E-state index in [0.29, 0.717) is 5.56 Å². The van der Waals surface area contributed by atoms with E-state index in [2.05, 4.69) is 45.7 Å². The standard InChI is InChI=1S/C20H23N5O/c1-15-6-7-25-14-17(22-19(25)12-15)13-23-8-10-24(11-9-23)18-4-2-16(3-5-18)20(21)26/h2-7,12,14H,8-11,13H2,1H3,(H2,21,26). The van der Waals surface area contributed by atoms with Gasteiger partial charge in [0.05, 0.1) is 5.69 Å². The fourth-order valence-electron chi connectivity index (χ4n) is 3.44. The van der Waals surface area contributed by atoms with Gasteiger partial charge in [-0.3, -0.25) is 9.69 Å².